The highest BCUT2D eigenvalue weighted by atomic mass is 35.5. The minimum absolute atomic E-state index is 0.221. The number of benzene rings is 1. The van der Waals surface area contributed by atoms with Crippen LogP contribution in [-0.2, 0) is 4.74 Å². The number of aliphatic imine (C=N–C) groups is 1. The summed E-state index contributed by atoms with van der Waals surface area (Å²) in [5.74, 6) is 0.512. The van der Waals surface area contributed by atoms with Gasteiger partial charge in [0.2, 0.25) is 11.0 Å². The first kappa shape index (κ1) is 8.53. The zero-order valence-corrected chi connectivity index (χ0v) is 7.66. The fourth-order valence-electron chi connectivity index (χ4n) is 1.13. The molecule has 0 fully saturated rings. The van der Waals surface area contributed by atoms with Crippen LogP contribution in [0.5, 0.6) is 0 Å². The summed E-state index contributed by atoms with van der Waals surface area (Å²) < 4.78 is 5.25. The van der Waals surface area contributed by atoms with Gasteiger partial charge in [0.15, 0.2) is 0 Å². The van der Waals surface area contributed by atoms with E-state index in [0.717, 1.165) is 5.56 Å². The molecule has 1 atom stereocenters. The molecule has 3 nitrogen and oxygen atoms in total. The van der Waals surface area contributed by atoms with E-state index in [2.05, 4.69) is 4.99 Å². The molecule has 0 bridgehead atoms. The van der Waals surface area contributed by atoms with Gasteiger partial charge in [0.1, 0.15) is 6.61 Å². The molecule has 68 valence electrons. The molecule has 0 aromatic heterocycles. The number of nitrogens with two attached hydrogens (primary N) is 1. The van der Waals surface area contributed by atoms with Crippen LogP contribution in [0.2, 0.25) is 0 Å². The lowest BCUT2D eigenvalue weighted by molar-refractivity contribution is 0.304. The maximum absolute atomic E-state index is 5.78. The summed E-state index contributed by atoms with van der Waals surface area (Å²) in [6, 6.07) is 9.54. The third kappa shape index (κ3) is 1.82. The molecule has 1 aromatic rings. The van der Waals surface area contributed by atoms with E-state index in [0.29, 0.717) is 5.90 Å². The van der Waals surface area contributed by atoms with Crippen LogP contribution in [0.15, 0.2) is 35.3 Å². The van der Waals surface area contributed by atoms with Crippen molar-refractivity contribution in [3.05, 3.63) is 35.9 Å². The van der Waals surface area contributed by atoms with E-state index in [1.165, 1.54) is 0 Å². The van der Waals surface area contributed by atoms with Crippen molar-refractivity contribution in [1.82, 2.24) is 0 Å². The Labute approximate surface area is 81.2 Å². The average molecular weight is 197 g/mol. The van der Waals surface area contributed by atoms with E-state index in [1.54, 1.807) is 0 Å². The molecule has 13 heavy (non-hydrogen) atoms. The van der Waals surface area contributed by atoms with E-state index in [9.17, 15) is 0 Å². The number of halogens is 1. The predicted octanol–water partition coefficient (Wildman–Crippen LogP) is 1.31. The van der Waals surface area contributed by atoms with Crippen LogP contribution < -0.4 is 5.73 Å². The minimum Gasteiger partial charge on any atom is -0.472 e. The van der Waals surface area contributed by atoms with Crippen LogP contribution in [0, 0.1) is 0 Å². The van der Waals surface area contributed by atoms with E-state index in [-0.39, 0.29) is 6.61 Å². The molecule has 1 unspecified atom stereocenters. The number of alkyl halides is 1. The highest BCUT2D eigenvalue weighted by Gasteiger charge is 2.29. The first-order valence-corrected chi connectivity index (χ1v) is 4.31. The average Bonchev–Trinajstić information content (AvgIpc) is 2.48. The molecule has 0 aliphatic carbocycles. The van der Waals surface area contributed by atoms with Gasteiger partial charge >= 0.3 is 0 Å². The predicted molar refractivity (Wildman–Crippen MR) is 51.7 cm³/mol. The maximum Gasteiger partial charge on any atom is 0.221 e. The van der Waals surface area contributed by atoms with E-state index in [4.69, 9.17) is 22.1 Å². The van der Waals surface area contributed by atoms with Gasteiger partial charge in [-0.3, -0.25) is 5.73 Å². The Kier molecular flexibility index (Phi) is 1.98. The summed E-state index contributed by atoms with van der Waals surface area (Å²) in [7, 11) is 0. The quantitative estimate of drug-likeness (QED) is 0.544. The van der Waals surface area contributed by atoms with E-state index < -0.39 is 5.12 Å². The van der Waals surface area contributed by atoms with Crippen molar-refractivity contribution in [2.45, 2.75) is 5.12 Å². The van der Waals surface area contributed by atoms with Gasteiger partial charge in [0.25, 0.3) is 0 Å². The zero-order chi connectivity index (χ0) is 9.31. The Hall–Kier alpha value is -1.06. The monoisotopic (exact) mass is 196 g/mol. The number of rotatable bonds is 1. The smallest absolute Gasteiger partial charge is 0.221 e. The number of hydrogen-bond acceptors (Lipinski definition) is 3. The maximum atomic E-state index is 5.78. The van der Waals surface area contributed by atoms with E-state index >= 15 is 0 Å². The summed E-state index contributed by atoms with van der Waals surface area (Å²) in [6.07, 6.45) is 0. The summed E-state index contributed by atoms with van der Waals surface area (Å²) in [5.41, 5.74) is 6.46. The molecule has 1 aliphatic rings. The normalized spacial score (nSPS) is 26.8. The Morgan fingerprint density at radius 3 is 2.62 bits per heavy atom. The SMILES string of the molecule is NC1(Cl)COC(c2ccccc2)=N1. The van der Waals surface area contributed by atoms with Gasteiger partial charge in [0, 0.05) is 5.56 Å². The molecule has 0 saturated carbocycles. The van der Waals surface area contributed by atoms with Crippen LogP contribution in [0.4, 0.5) is 0 Å². The number of nitrogens with zero attached hydrogens (tertiary/aromatic N) is 1. The second-order valence-corrected chi connectivity index (χ2v) is 3.54. The summed E-state index contributed by atoms with van der Waals surface area (Å²) in [5, 5.41) is -1.09. The second kappa shape index (κ2) is 3.01. The molecule has 0 amide bonds. The van der Waals surface area contributed by atoms with Crippen molar-refractivity contribution < 1.29 is 4.74 Å². The highest BCUT2D eigenvalue weighted by Crippen LogP contribution is 2.20. The molecule has 0 radical (unpaired) electrons. The van der Waals surface area contributed by atoms with Crippen LogP contribution in [0.3, 0.4) is 0 Å². The number of hydrogen-bond donors (Lipinski definition) is 1. The van der Waals surface area contributed by atoms with Crippen LogP contribution in [0.1, 0.15) is 5.56 Å². The lowest BCUT2D eigenvalue weighted by Gasteiger charge is -2.04. The third-order valence-corrected chi connectivity index (χ3v) is 1.91. The van der Waals surface area contributed by atoms with Gasteiger partial charge < -0.3 is 4.74 Å². The molecule has 1 aliphatic heterocycles. The summed E-state index contributed by atoms with van der Waals surface area (Å²) in [6.45, 7) is 0.221. The fourth-order valence-corrected chi connectivity index (χ4v) is 1.26. The Balaban J connectivity index is 2.30. The standard InChI is InChI=1S/C9H9ClN2O/c10-9(11)6-13-8(12-9)7-4-2-1-3-5-7/h1-5H,6,11H2. The van der Waals surface area contributed by atoms with Gasteiger partial charge in [-0.1, -0.05) is 29.8 Å². The van der Waals surface area contributed by atoms with Crippen LogP contribution in [0.25, 0.3) is 0 Å². The fraction of sp³-hybridized carbons (Fsp3) is 0.222. The van der Waals surface area contributed by atoms with Gasteiger partial charge in [-0.05, 0) is 12.1 Å². The molecule has 1 heterocycles. The molecule has 0 spiro atoms. The minimum atomic E-state index is -1.09. The van der Waals surface area contributed by atoms with Crippen LogP contribution >= 0.6 is 11.6 Å². The molecule has 2 N–H and O–H groups in total. The van der Waals surface area contributed by atoms with Gasteiger partial charge in [-0.15, -0.1) is 0 Å². The second-order valence-electron chi connectivity index (χ2n) is 2.89. The van der Waals surface area contributed by atoms with Gasteiger partial charge in [-0.2, -0.15) is 0 Å². The molecular formula is C9H9ClN2O. The molecule has 4 heteroatoms. The molecule has 2 rings (SSSR count). The third-order valence-electron chi connectivity index (χ3n) is 1.72. The van der Waals surface area contributed by atoms with Crippen molar-refractivity contribution in [3.63, 3.8) is 0 Å². The lowest BCUT2D eigenvalue weighted by atomic mass is 10.2. The van der Waals surface area contributed by atoms with Crippen molar-refractivity contribution in [1.29, 1.82) is 0 Å². The highest BCUT2D eigenvalue weighted by molar-refractivity contribution is 6.25. The lowest BCUT2D eigenvalue weighted by Crippen LogP contribution is -2.31. The van der Waals surface area contributed by atoms with Crippen molar-refractivity contribution in [2.24, 2.45) is 10.7 Å². The van der Waals surface area contributed by atoms with Gasteiger partial charge in [-0.25, -0.2) is 4.99 Å². The number of ether oxygens (including phenoxy) is 1. The van der Waals surface area contributed by atoms with Gasteiger partial charge in [0.05, 0.1) is 0 Å². The zero-order valence-electron chi connectivity index (χ0n) is 6.90. The Morgan fingerprint density at radius 2 is 2.08 bits per heavy atom. The topological polar surface area (TPSA) is 47.6 Å². The van der Waals surface area contributed by atoms with Crippen molar-refractivity contribution >= 4 is 17.5 Å². The van der Waals surface area contributed by atoms with Crippen molar-refractivity contribution in [2.75, 3.05) is 6.61 Å². The summed E-state index contributed by atoms with van der Waals surface area (Å²) in [4.78, 5) is 4.03. The first-order valence-electron chi connectivity index (χ1n) is 3.93. The first-order chi connectivity index (χ1) is 6.17. The summed E-state index contributed by atoms with van der Waals surface area (Å²) >= 11 is 5.78. The molecule has 1 aromatic carbocycles. The molecular weight excluding hydrogens is 188 g/mol. The van der Waals surface area contributed by atoms with E-state index in [1.807, 2.05) is 30.3 Å². The van der Waals surface area contributed by atoms with Crippen molar-refractivity contribution in [3.8, 4) is 0 Å². The largest absolute Gasteiger partial charge is 0.472 e. The molecule has 0 saturated heterocycles. The Bertz CT molecular complexity index is 335. The Morgan fingerprint density at radius 1 is 1.38 bits per heavy atom. The van der Waals surface area contributed by atoms with Crippen LogP contribution in [-0.4, -0.2) is 17.6 Å².